The van der Waals surface area contributed by atoms with Gasteiger partial charge in [0, 0.05) is 18.9 Å². The van der Waals surface area contributed by atoms with Crippen molar-refractivity contribution in [2.24, 2.45) is 0 Å². The molecule has 1 aliphatic carbocycles. The van der Waals surface area contributed by atoms with E-state index in [9.17, 15) is 4.79 Å². The smallest absolute Gasteiger partial charge is 0.152 e. The van der Waals surface area contributed by atoms with Gasteiger partial charge in [-0.15, -0.1) is 5.10 Å². The molecular weight excluding hydrogens is 226 g/mol. The average Bonchev–Trinajstić information content (AvgIpc) is 2.93. The van der Waals surface area contributed by atoms with E-state index in [0.29, 0.717) is 24.7 Å². The van der Waals surface area contributed by atoms with Crippen LogP contribution in [0.2, 0.25) is 0 Å². The van der Waals surface area contributed by atoms with Crippen molar-refractivity contribution >= 4 is 11.6 Å². The number of ketones is 1. The van der Waals surface area contributed by atoms with Crippen LogP contribution in [0.15, 0.2) is 12.1 Å². The second kappa shape index (κ2) is 5.04. The predicted octanol–water partition coefficient (Wildman–Crippen LogP) is 2.30. The Hall–Kier alpha value is -1.45. The molecule has 18 heavy (non-hydrogen) atoms. The summed E-state index contributed by atoms with van der Waals surface area (Å²) in [6.45, 7) is 1.42. The number of aromatic nitrogens is 2. The van der Waals surface area contributed by atoms with E-state index in [1.54, 1.807) is 0 Å². The van der Waals surface area contributed by atoms with Gasteiger partial charge in [-0.3, -0.25) is 4.79 Å². The summed E-state index contributed by atoms with van der Waals surface area (Å²) < 4.78 is 0. The number of hydrogen-bond donors (Lipinski definition) is 0. The number of nitrogens with zero attached hydrogens (tertiary/aromatic N) is 3. The number of rotatable bonds is 2. The van der Waals surface area contributed by atoms with Crippen molar-refractivity contribution in [1.82, 2.24) is 10.2 Å². The highest BCUT2D eigenvalue weighted by atomic mass is 16.1. The first kappa shape index (κ1) is 11.6. The van der Waals surface area contributed by atoms with Gasteiger partial charge < -0.3 is 4.90 Å². The maximum Gasteiger partial charge on any atom is 0.152 e. The quantitative estimate of drug-likeness (QED) is 0.802. The van der Waals surface area contributed by atoms with Crippen LogP contribution in [0.25, 0.3) is 0 Å². The van der Waals surface area contributed by atoms with Crippen LogP contribution in [0, 0.1) is 0 Å². The van der Waals surface area contributed by atoms with E-state index in [1.165, 1.54) is 25.7 Å². The normalized spacial score (nSPS) is 21.6. The van der Waals surface area contributed by atoms with Gasteiger partial charge in [-0.05, 0) is 31.4 Å². The number of piperidine rings is 1. The van der Waals surface area contributed by atoms with Crippen LogP contribution in [-0.4, -0.2) is 29.1 Å². The fourth-order valence-electron chi connectivity index (χ4n) is 2.98. The fourth-order valence-corrected chi connectivity index (χ4v) is 2.98. The minimum atomic E-state index is 0.308. The number of hydrogen-bond acceptors (Lipinski definition) is 4. The zero-order valence-electron chi connectivity index (χ0n) is 10.6. The third kappa shape index (κ3) is 2.37. The Morgan fingerprint density at radius 2 is 1.94 bits per heavy atom. The highest BCUT2D eigenvalue weighted by Gasteiger charge is 2.21. The zero-order chi connectivity index (χ0) is 12.4. The molecule has 1 aromatic heterocycles. The topological polar surface area (TPSA) is 46.1 Å². The van der Waals surface area contributed by atoms with Crippen molar-refractivity contribution < 1.29 is 4.79 Å². The molecule has 0 aromatic carbocycles. The maximum atomic E-state index is 11.4. The lowest BCUT2D eigenvalue weighted by Gasteiger charge is -2.26. The van der Waals surface area contributed by atoms with Gasteiger partial charge >= 0.3 is 0 Å². The molecule has 1 aromatic rings. The Morgan fingerprint density at radius 3 is 2.61 bits per heavy atom. The lowest BCUT2D eigenvalue weighted by atomic mass is 10.0. The molecule has 96 valence electrons. The largest absolute Gasteiger partial charge is 0.348 e. The molecule has 3 rings (SSSR count). The summed E-state index contributed by atoms with van der Waals surface area (Å²) in [5.41, 5.74) is 1.12. The van der Waals surface area contributed by atoms with Crippen molar-refractivity contribution in [3.63, 3.8) is 0 Å². The van der Waals surface area contributed by atoms with Crippen LogP contribution in [0.5, 0.6) is 0 Å². The lowest BCUT2D eigenvalue weighted by molar-refractivity contribution is -0.118. The Bertz CT molecular complexity index is 423. The average molecular weight is 245 g/mol. The zero-order valence-corrected chi connectivity index (χ0v) is 10.6. The fraction of sp³-hybridized carbons (Fsp3) is 0.643. The molecule has 1 saturated carbocycles. The third-order valence-electron chi connectivity index (χ3n) is 4.02. The first-order valence-corrected chi connectivity index (χ1v) is 6.93. The van der Waals surface area contributed by atoms with E-state index < -0.39 is 0 Å². The molecule has 1 aliphatic heterocycles. The van der Waals surface area contributed by atoms with Gasteiger partial charge in [0.05, 0.1) is 12.2 Å². The molecule has 4 heteroatoms. The molecule has 0 radical (unpaired) electrons. The van der Waals surface area contributed by atoms with Crippen LogP contribution in [0.4, 0.5) is 5.82 Å². The number of carbonyl (C=O) groups is 1. The summed E-state index contributed by atoms with van der Waals surface area (Å²) >= 11 is 0. The molecule has 0 bridgehead atoms. The summed E-state index contributed by atoms with van der Waals surface area (Å²) in [5.74, 6) is 1.77. The molecule has 2 aliphatic rings. The van der Waals surface area contributed by atoms with Gasteiger partial charge in [0.15, 0.2) is 11.6 Å². The van der Waals surface area contributed by atoms with Gasteiger partial charge in [-0.2, -0.15) is 5.10 Å². The van der Waals surface area contributed by atoms with Crippen LogP contribution in [0.3, 0.4) is 0 Å². The Labute approximate surface area is 107 Å². The Balaban J connectivity index is 1.71. The highest BCUT2D eigenvalue weighted by Crippen LogP contribution is 2.32. The SMILES string of the molecule is O=C1CCCN(c2ccc(C3CCCC3)nn2)C1. The third-order valence-corrected chi connectivity index (χ3v) is 4.02. The number of anilines is 1. The van der Waals surface area contributed by atoms with E-state index in [1.807, 2.05) is 11.0 Å². The Kier molecular flexibility index (Phi) is 3.26. The first-order chi connectivity index (χ1) is 8.83. The van der Waals surface area contributed by atoms with Crippen LogP contribution >= 0.6 is 0 Å². The van der Waals surface area contributed by atoms with Gasteiger partial charge in [-0.1, -0.05) is 12.8 Å². The summed E-state index contributed by atoms with van der Waals surface area (Å²) in [4.78, 5) is 13.5. The molecule has 0 N–H and O–H groups in total. The van der Waals surface area contributed by atoms with E-state index in [4.69, 9.17) is 0 Å². The molecule has 0 spiro atoms. The second-order valence-corrected chi connectivity index (χ2v) is 5.36. The number of carbonyl (C=O) groups excluding carboxylic acids is 1. The van der Waals surface area contributed by atoms with Crippen molar-refractivity contribution in [3.05, 3.63) is 17.8 Å². The standard InChI is InChI=1S/C14H19N3O/c18-12-6-3-9-17(10-12)14-8-7-13(15-16-14)11-4-1-2-5-11/h7-8,11H,1-6,9-10H2. The molecule has 1 saturated heterocycles. The van der Waals surface area contributed by atoms with Crippen LogP contribution < -0.4 is 4.90 Å². The summed E-state index contributed by atoms with van der Waals surface area (Å²) in [5, 5.41) is 8.66. The Morgan fingerprint density at radius 1 is 1.11 bits per heavy atom. The molecule has 0 unspecified atom stereocenters. The van der Waals surface area contributed by atoms with Crippen molar-refractivity contribution in [1.29, 1.82) is 0 Å². The predicted molar refractivity (Wildman–Crippen MR) is 69.7 cm³/mol. The molecule has 0 atom stereocenters. The van der Waals surface area contributed by atoms with Crippen molar-refractivity contribution in [3.8, 4) is 0 Å². The monoisotopic (exact) mass is 245 g/mol. The van der Waals surface area contributed by atoms with Crippen molar-refractivity contribution in [2.75, 3.05) is 18.0 Å². The van der Waals surface area contributed by atoms with E-state index >= 15 is 0 Å². The van der Waals surface area contributed by atoms with Crippen molar-refractivity contribution in [2.45, 2.75) is 44.4 Å². The molecule has 2 heterocycles. The molecule has 4 nitrogen and oxygen atoms in total. The van der Waals surface area contributed by atoms with Gasteiger partial charge in [0.1, 0.15) is 0 Å². The van der Waals surface area contributed by atoms with Gasteiger partial charge in [0.2, 0.25) is 0 Å². The molecule has 0 amide bonds. The van der Waals surface area contributed by atoms with Crippen LogP contribution in [0.1, 0.15) is 50.1 Å². The summed E-state index contributed by atoms with van der Waals surface area (Å²) in [7, 11) is 0. The number of Topliss-reactive ketones (excluding diaryl/α,β-unsaturated/α-hetero) is 1. The van der Waals surface area contributed by atoms with E-state index in [2.05, 4.69) is 16.3 Å². The molecular formula is C14H19N3O. The van der Waals surface area contributed by atoms with E-state index in [0.717, 1.165) is 24.5 Å². The summed E-state index contributed by atoms with van der Waals surface area (Å²) in [6.07, 6.45) is 6.77. The first-order valence-electron chi connectivity index (χ1n) is 6.93. The van der Waals surface area contributed by atoms with E-state index in [-0.39, 0.29) is 0 Å². The van der Waals surface area contributed by atoms with Gasteiger partial charge in [0.25, 0.3) is 0 Å². The lowest BCUT2D eigenvalue weighted by Crippen LogP contribution is -2.36. The second-order valence-electron chi connectivity index (χ2n) is 5.36. The molecule has 2 fully saturated rings. The van der Waals surface area contributed by atoms with Gasteiger partial charge in [-0.25, -0.2) is 0 Å². The minimum Gasteiger partial charge on any atom is -0.348 e. The highest BCUT2D eigenvalue weighted by molar-refractivity contribution is 5.84. The maximum absolute atomic E-state index is 11.4. The minimum absolute atomic E-state index is 0.308. The van der Waals surface area contributed by atoms with Crippen LogP contribution in [-0.2, 0) is 4.79 Å². The summed E-state index contributed by atoms with van der Waals surface area (Å²) in [6, 6.07) is 4.12.